The van der Waals surface area contributed by atoms with Gasteiger partial charge in [-0.2, -0.15) is 0 Å². The van der Waals surface area contributed by atoms with Gasteiger partial charge in [0.1, 0.15) is 17.7 Å². The van der Waals surface area contributed by atoms with E-state index in [2.05, 4.69) is 10.3 Å². The van der Waals surface area contributed by atoms with E-state index in [4.69, 9.17) is 9.15 Å². The summed E-state index contributed by atoms with van der Waals surface area (Å²) in [5, 5.41) is 14.0. The van der Waals surface area contributed by atoms with Crippen LogP contribution in [0.3, 0.4) is 0 Å². The van der Waals surface area contributed by atoms with Crippen molar-refractivity contribution in [3.63, 3.8) is 0 Å². The summed E-state index contributed by atoms with van der Waals surface area (Å²) >= 11 is 0. The van der Waals surface area contributed by atoms with E-state index in [1.807, 2.05) is 13.8 Å². The van der Waals surface area contributed by atoms with E-state index in [-0.39, 0.29) is 23.8 Å². The molecule has 0 aliphatic heterocycles. The fourth-order valence-corrected chi connectivity index (χ4v) is 3.42. The summed E-state index contributed by atoms with van der Waals surface area (Å²) in [4.78, 5) is 39.9. The molecule has 0 saturated heterocycles. The van der Waals surface area contributed by atoms with Crippen LogP contribution in [0.4, 0.5) is 5.69 Å². The molecule has 1 aromatic heterocycles. The van der Waals surface area contributed by atoms with Crippen molar-refractivity contribution in [2.45, 2.75) is 20.5 Å². The highest BCUT2D eigenvalue weighted by atomic mass is 16.6. The van der Waals surface area contributed by atoms with Crippen LogP contribution in [0.2, 0.25) is 0 Å². The summed E-state index contributed by atoms with van der Waals surface area (Å²) in [6, 6.07) is 17.9. The van der Waals surface area contributed by atoms with Crippen LogP contribution in [0.5, 0.6) is 0 Å². The van der Waals surface area contributed by atoms with Crippen molar-refractivity contribution < 1.29 is 23.7 Å². The number of nitro groups is 1. The van der Waals surface area contributed by atoms with Gasteiger partial charge in [-0.3, -0.25) is 14.9 Å². The largest absolute Gasteiger partial charge is 0.457 e. The topological polar surface area (TPSA) is 125 Å². The van der Waals surface area contributed by atoms with E-state index in [0.29, 0.717) is 46.1 Å². The van der Waals surface area contributed by atoms with Gasteiger partial charge in [0, 0.05) is 18.2 Å². The van der Waals surface area contributed by atoms with Crippen LogP contribution in [-0.2, 0) is 11.3 Å². The summed E-state index contributed by atoms with van der Waals surface area (Å²) in [6.07, 6.45) is 0. The standard InChI is InChI=1S/C26H23N3O6/c1-16(2)14-27-24(30)20-7-5-8-21-23(20)35-25(28-21)18-12-10-17(11-13-18)15-34-26(31)19-6-3-4-9-22(19)29(32)33/h3-13,16H,14-15H2,1-2H3,(H,27,30). The molecule has 0 aliphatic rings. The number of nitro benzene ring substituents is 1. The Labute approximate surface area is 200 Å². The van der Waals surface area contributed by atoms with Crippen molar-refractivity contribution in [3.8, 4) is 11.5 Å². The van der Waals surface area contributed by atoms with Crippen molar-refractivity contribution in [1.29, 1.82) is 0 Å². The summed E-state index contributed by atoms with van der Waals surface area (Å²) in [5.41, 5.74) is 2.36. The molecule has 0 radical (unpaired) electrons. The molecule has 3 aromatic carbocycles. The van der Waals surface area contributed by atoms with Crippen LogP contribution in [0.1, 0.15) is 40.1 Å². The highest BCUT2D eigenvalue weighted by Gasteiger charge is 2.21. The molecule has 1 N–H and O–H groups in total. The molecule has 1 heterocycles. The molecule has 9 heteroatoms. The predicted molar refractivity (Wildman–Crippen MR) is 129 cm³/mol. The molecule has 0 atom stereocenters. The van der Waals surface area contributed by atoms with Gasteiger partial charge >= 0.3 is 5.97 Å². The second kappa shape index (κ2) is 10.2. The minimum atomic E-state index is -0.774. The quantitative estimate of drug-likeness (QED) is 0.213. The first kappa shape index (κ1) is 23.6. The molecule has 35 heavy (non-hydrogen) atoms. The van der Waals surface area contributed by atoms with Gasteiger partial charge in [0.05, 0.1) is 10.5 Å². The number of benzene rings is 3. The molecule has 1 amide bonds. The molecule has 4 aromatic rings. The molecule has 0 spiro atoms. The number of nitrogens with zero attached hydrogens (tertiary/aromatic N) is 2. The number of nitrogens with one attached hydrogen (secondary N) is 1. The Bertz CT molecular complexity index is 1390. The summed E-state index contributed by atoms with van der Waals surface area (Å²) in [5.74, 6) is -0.317. The fraction of sp³-hybridized carbons (Fsp3) is 0.192. The lowest BCUT2D eigenvalue weighted by atomic mass is 10.1. The first-order valence-electron chi connectivity index (χ1n) is 11.0. The molecule has 0 unspecified atom stereocenters. The first-order chi connectivity index (χ1) is 16.8. The van der Waals surface area contributed by atoms with Crippen LogP contribution in [0, 0.1) is 16.0 Å². The maximum absolute atomic E-state index is 12.6. The van der Waals surface area contributed by atoms with Gasteiger partial charge in [0.25, 0.3) is 11.6 Å². The minimum Gasteiger partial charge on any atom is -0.457 e. The average molecular weight is 473 g/mol. The Morgan fingerprint density at radius 2 is 1.74 bits per heavy atom. The summed E-state index contributed by atoms with van der Waals surface area (Å²) in [7, 11) is 0. The van der Waals surface area contributed by atoms with Gasteiger partial charge < -0.3 is 14.5 Å². The van der Waals surface area contributed by atoms with Crippen LogP contribution >= 0.6 is 0 Å². The Morgan fingerprint density at radius 1 is 1.03 bits per heavy atom. The molecule has 9 nitrogen and oxygen atoms in total. The van der Waals surface area contributed by atoms with Gasteiger partial charge in [0.15, 0.2) is 5.58 Å². The normalized spacial score (nSPS) is 10.9. The number of hydrogen-bond donors (Lipinski definition) is 1. The number of rotatable bonds is 8. The van der Waals surface area contributed by atoms with Gasteiger partial charge in [-0.25, -0.2) is 9.78 Å². The van der Waals surface area contributed by atoms with Crippen molar-refractivity contribution in [1.82, 2.24) is 10.3 Å². The number of aromatic nitrogens is 1. The Balaban J connectivity index is 1.48. The number of amides is 1. The molecule has 178 valence electrons. The lowest BCUT2D eigenvalue weighted by Crippen LogP contribution is -2.27. The highest BCUT2D eigenvalue weighted by molar-refractivity contribution is 6.04. The van der Waals surface area contributed by atoms with Gasteiger partial charge in [-0.15, -0.1) is 0 Å². The third kappa shape index (κ3) is 5.35. The van der Waals surface area contributed by atoms with Crippen LogP contribution < -0.4 is 5.32 Å². The molecule has 0 fully saturated rings. The minimum absolute atomic E-state index is 0.0567. The van der Waals surface area contributed by atoms with Crippen molar-refractivity contribution in [3.05, 3.63) is 93.5 Å². The lowest BCUT2D eigenvalue weighted by Gasteiger charge is -2.07. The number of ether oxygens (including phenoxy) is 1. The number of hydrogen-bond acceptors (Lipinski definition) is 7. The lowest BCUT2D eigenvalue weighted by molar-refractivity contribution is -0.385. The highest BCUT2D eigenvalue weighted by Crippen LogP contribution is 2.27. The second-order valence-electron chi connectivity index (χ2n) is 8.32. The molecule has 0 aliphatic carbocycles. The van der Waals surface area contributed by atoms with E-state index in [9.17, 15) is 19.7 Å². The van der Waals surface area contributed by atoms with Crippen LogP contribution in [0.15, 0.2) is 71.1 Å². The number of para-hydroxylation sites is 2. The zero-order valence-electron chi connectivity index (χ0n) is 19.2. The second-order valence-corrected chi connectivity index (χ2v) is 8.32. The Kier molecular flexibility index (Phi) is 6.86. The number of carbonyl (C=O) groups excluding carboxylic acids is 2. The third-order valence-electron chi connectivity index (χ3n) is 5.22. The number of oxazole rings is 1. The maximum atomic E-state index is 12.6. The predicted octanol–water partition coefficient (Wildman–Crippen LogP) is 5.15. The Hall–Kier alpha value is -4.53. The van der Waals surface area contributed by atoms with E-state index < -0.39 is 10.9 Å². The Morgan fingerprint density at radius 3 is 2.46 bits per heavy atom. The van der Waals surface area contributed by atoms with Crippen molar-refractivity contribution in [2.75, 3.05) is 6.54 Å². The van der Waals surface area contributed by atoms with E-state index in [1.165, 1.54) is 24.3 Å². The maximum Gasteiger partial charge on any atom is 0.345 e. The zero-order valence-corrected chi connectivity index (χ0v) is 19.2. The SMILES string of the molecule is CC(C)CNC(=O)c1cccc2nc(-c3ccc(COC(=O)c4ccccc4[N+](=O)[O-])cc3)oc12. The van der Waals surface area contributed by atoms with Crippen LogP contribution in [-0.4, -0.2) is 28.3 Å². The van der Waals surface area contributed by atoms with Gasteiger partial charge in [-0.05, 0) is 41.8 Å². The van der Waals surface area contributed by atoms with Crippen molar-refractivity contribution >= 4 is 28.7 Å². The summed E-state index contributed by atoms with van der Waals surface area (Å²) < 4.78 is 11.2. The molecule has 0 saturated carbocycles. The third-order valence-corrected chi connectivity index (χ3v) is 5.22. The number of esters is 1. The molecule has 0 bridgehead atoms. The van der Waals surface area contributed by atoms with Crippen LogP contribution in [0.25, 0.3) is 22.6 Å². The fourth-order valence-electron chi connectivity index (χ4n) is 3.42. The van der Waals surface area contributed by atoms with E-state index >= 15 is 0 Å². The van der Waals surface area contributed by atoms with E-state index in [0.717, 1.165) is 0 Å². The van der Waals surface area contributed by atoms with E-state index in [1.54, 1.807) is 42.5 Å². The van der Waals surface area contributed by atoms with Crippen molar-refractivity contribution in [2.24, 2.45) is 5.92 Å². The zero-order chi connectivity index (χ0) is 24.9. The van der Waals surface area contributed by atoms with Gasteiger partial charge in [-0.1, -0.05) is 44.2 Å². The monoisotopic (exact) mass is 473 g/mol. The molecule has 4 rings (SSSR count). The average Bonchev–Trinajstić information content (AvgIpc) is 3.30. The first-order valence-corrected chi connectivity index (χ1v) is 11.0. The molecular formula is C26H23N3O6. The smallest absolute Gasteiger partial charge is 0.345 e. The number of carbonyl (C=O) groups is 2. The summed E-state index contributed by atoms with van der Waals surface area (Å²) in [6.45, 7) is 4.53. The number of fused-ring (bicyclic) bond motifs is 1. The van der Waals surface area contributed by atoms with Gasteiger partial charge in [0.2, 0.25) is 5.89 Å². The molecular weight excluding hydrogens is 450 g/mol.